The van der Waals surface area contributed by atoms with Crippen LogP contribution in [0.3, 0.4) is 0 Å². The van der Waals surface area contributed by atoms with Crippen molar-refractivity contribution in [1.29, 1.82) is 0 Å². The minimum atomic E-state index is -0.137. The number of nitrogens with two attached hydrogens (primary N) is 1. The van der Waals surface area contributed by atoms with Crippen LogP contribution in [-0.2, 0) is 7.05 Å². The average Bonchev–Trinajstić information content (AvgIpc) is 3.49. The summed E-state index contributed by atoms with van der Waals surface area (Å²) in [6.45, 7) is 2.04. The van der Waals surface area contributed by atoms with Crippen molar-refractivity contribution in [3.05, 3.63) is 62.5 Å². The van der Waals surface area contributed by atoms with Gasteiger partial charge in [0.05, 0.1) is 21.2 Å². The van der Waals surface area contributed by atoms with Crippen molar-refractivity contribution < 1.29 is 0 Å². The van der Waals surface area contributed by atoms with E-state index in [1.165, 1.54) is 0 Å². The van der Waals surface area contributed by atoms with Gasteiger partial charge in [-0.05, 0) is 59.4 Å². The second-order valence-corrected chi connectivity index (χ2v) is 9.10. The predicted octanol–water partition coefficient (Wildman–Crippen LogP) is 3.89. The van der Waals surface area contributed by atoms with Gasteiger partial charge in [-0.1, -0.05) is 18.2 Å². The zero-order valence-corrected chi connectivity index (χ0v) is 19.4. The Bertz CT molecular complexity index is 1360. The summed E-state index contributed by atoms with van der Waals surface area (Å²) in [4.78, 5) is 22.1. The molecule has 0 saturated heterocycles. The molecule has 3 N–H and O–H groups in total. The third kappa shape index (κ3) is 3.67. The molecule has 1 fully saturated rings. The molecule has 31 heavy (non-hydrogen) atoms. The molecule has 1 aliphatic rings. The normalized spacial score (nSPS) is 14.7. The zero-order chi connectivity index (χ0) is 21.7. The van der Waals surface area contributed by atoms with Crippen molar-refractivity contribution >= 4 is 45.1 Å². The quantitative estimate of drug-likeness (QED) is 0.382. The maximum absolute atomic E-state index is 13.8. The third-order valence-corrected chi connectivity index (χ3v) is 6.39. The van der Waals surface area contributed by atoms with E-state index in [0.717, 1.165) is 44.0 Å². The van der Waals surface area contributed by atoms with E-state index in [1.807, 2.05) is 42.9 Å². The lowest BCUT2D eigenvalue weighted by Gasteiger charge is -2.22. The smallest absolute Gasteiger partial charge is 0.259 e. The van der Waals surface area contributed by atoms with Gasteiger partial charge in [-0.2, -0.15) is 10.1 Å². The lowest BCUT2D eigenvalue weighted by Crippen LogP contribution is -2.26. The van der Waals surface area contributed by atoms with E-state index in [2.05, 4.69) is 49.0 Å². The first-order valence-corrected chi connectivity index (χ1v) is 11.2. The molecular weight excluding hydrogens is 505 g/mol. The van der Waals surface area contributed by atoms with Crippen LogP contribution < -0.4 is 16.6 Å². The van der Waals surface area contributed by atoms with Gasteiger partial charge in [0.2, 0.25) is 5.95 Å². The molecule has 0 amide bonds. The van der Waals surface area contributed by atoms with Gasteiger partial charge in [-0.25, -0.2) is 4.98 Å². The molecular formula is C22H22IN7O. The summed E-state index contributed by atoms with van der Waals surface area (Å²) in [5.74, 6) is 0.883. The minimum absolute atomic E-state index is 0.0417. The molecule has 1 atom stereocenters. The number of halogens is 1. The Morgan fingerprint density at radius 2 is 2.10 bits per heavy atom. The number of benzene rings is 1. The highest BCUT2D eigenvalue weighted by Crippen LogP contribution is 2.38. The topological polar surface area (TPSA) is 104 Å². The molecule has 1 aromatic carbocycles. The fraction of sp³-hybridized carbons (Fsp3) is 0.273. The summed E-state index contributed by atoms with van der Waals surface area (Å²) < 4.78 is 4.58. The highest BCUT2D eigenvalue weighted by Gasteiger charge is 2.30. The highest BCUT2D eigenvalue weighted by atomic mass is 127. The molecule has 158 valence electrons. The summed E-state index contributed by atoms with van der Waals surface area (Å²) in [6.07, 6.45) is 7.45. The number of rotatable bonds is 5. The first-order valence-electron chi connectivity index (χ1n) is 10.1. The van der Waals surface area contributed by atoms with E-state index in [1.54, 1.807) is 17.1 Å². The highest BCUT2D eigenvalue weighted by molar-refractivity contribution is 14.1. The molecule has 0 spiro atoms. The van der Waals surface area contributed by atoms with Crippen molar-refractivity contribution in [2.24, 2.45) is 7.05 Å². The lowest BCUT2D eigenvalue weighted by molar-refractivity contribution is 0.636. The first kappa shape index (κ1) is 20.0. The number of aryl methyl sites for hydroxylation is 1. The Morgan fingerprint density at radius 3 is 2.81 bits per heavy atom. The Labute approximate surface area is 192 Å². The van der Waals surface area contributed by atoms with Crippen LogP contribution in [0, 0.1) is 3.57 Å². The summed E-state index contributed by atoms with van der Waals surface area (Å²) in [7, 11) is 1.88. The van der Waals surface area contributed by atoms with E-state index in [-0.39, 0.29) is 23.6 Å². The van der Waals surface area contributed by atoms with Crippen LogP contribution >= 0.6 is 22.6 Å². The Balaban J connectivity index is 1.66. The van der Waals surface area contributed by atoms with Crippen LogP contribution in [-0.4, -0.2) is 24.3 Å². The van der Waals surface area contributed by atoms with Gasteiger partial charge in [0, 0.05) is 36.7 Å². The number of nitrogens with zero attached hydrogens (tertiary/aromatic N) is 5. The second kappa shape index (κ2) is 7.63. The Hall–Kier alpha value is -2.95. The number of nitrogens with one attached hydrogen (secondary N) is 1. The second-order valence-electron chi connectivity index (χ2n) is 7.94. The van der Waals surface area contributed by atoms with Gasteiger partial charge in [-0.3, -0.25) is 9.48 Å². The van der Waals surface area contributed by atoms with Gasteiger partial charge in [-0.15, -0.1) is 0 Å². The molecule has 4 aromatic rings. The fourth-order valence-electron chi connectivity index (χ4n) is 4.00. The molecule has 0 aliphatic heterocycles. The van der Waals surface area contributed by atoms with Gasteiger partial charge in [0.15, 0.2) is 0 Å². The molecule has 3 heterocycles. The number of anilines is 2. The summed E-state index contributed by atoms with van der Waals surface area (Å²) in [5, 5.41) is 9.36. The third-order valence-electron chi connectivity index (χ3n) is 5.60. The van der Waals surface area contributed by atoms with E-state index in [9.17, 15) is 4.79 Å². The number of nitrogen functional groups attached to an aromatic ring is 1. The number of fused-ring (bicyclic) bond motifs is 1. The molecule has 0 unspecified atom stereocenters. The van der Waals surface area contributed by atoms with Crippen LogP contribution in [0.2, 0.25) is 0 Å². The summed E-state index contributed by atoms with van der Waals surface area (Å²) >= 11 is 2.18. The maximum Gasteiger partial charge on any atom is 0.259 e. The largest absolute Gasteiger partial charge is 0.368 e. The monoisotopic (exact) mass is 527 g/mol. The SMILES string of the molecule is C[C@H](Nc1nc(N)ncc1I)c1cc2cccc(-c3cnn(C)c3)c2c(=O)n1C1CC1. The zero-order valence-electron chi connectivity index (χ0n) is 17.2. The van der Waals surface area contributed by atoms with Crippen molar-refractivity contribution in [2.45, 2.75) is 31.8 Å². The Kier molecular flexibility index (Phi) is 4.92. The minimum Gasteiger partial charge on any atom is -0.368 e. The first-order chi connectivity index (χ1) is 14.9. The standard InChI is InChI=1S/C22H22IN7O/c1-12(27-20-17(23)10-25-22(24)28-20)18-8-13-4-3-5-16(14-9-26-29(2)11-14)19(13)21(31)30(18)15-6-7-15/h3-5,8-12,15H,6-7H2,1-2H3,(H3,24,25,27,28)/t12-/m0/s1. The number of hydrogen-bond acceptors (Lipinski definition) is 6. The van der Waals surface area contributed by atoms with Crippen LogP contribution in [0.15, 0.2) is 47.7 Å². The van der Waals surface area contributed by atoms with E-state index in [0.29, 0.717) is 5.82 Å². The number of aromatic nitrogens is 5. The fourth-order valence-corrected chi connectivity index (χ4v) is 4.42. The molecule has 8 nitrogen and oxygen atoms in total. The van der Waals surface area contributed by atoms with Gasteiger partial charge < -0.3 is 15.6 Å². The maximum atomic E-state index is 13.8. The van der Waals surface area contributed by atoms with E-state index in [4.69, 9.17) is 5.73 Å². The summed E-state index contributed by atoms with van der Waals surface area (Å²) in [5.41, 5.74) is 8.61. The number of hydrogen-bond donors (Lipinski definition) is 2. The van der Waals surface area contributed by atoms with Crippen LogP contribution in [0.1, 0.15) is 37.5 Å². The van der Waals surface area contributed by atoms with Gasteiger partial charge in [0.25, 0.3) is 5.56 Å². The van der Waals surface area contributed by atoms with Crippen LogP contribution in [0.25, 0.3) is 21.9 Å². The molecule has 0 bridgehead atoms. The molecule has 3 aromatic heterocycles. The van der Waals surface area contributed by atoms with E-state index >= 15 is 0 Å². The molecule has 1 saturated carbocycles. The lowest BCUT2D eigenvalue weighted by atomic mass is 10.00. The van der Waals surface area contributed by atoms with E-state index < -0.39 is 0 Å². The molecule has 5 rings (SSSR count). The van der Waals surface area contributed by atoms with Crippen LogP contribution in [0.4, 0.5) is 11.8 Å². The predicted molar refractivity (Wildman–Crippen MR) is 130 cm³/mol. The number of pyridine rings is 1. The summed E-state index contributed by atoms with van der Waals surface area (Å²) in [6, 6.07) is 8.18. The van der Waals surface area contributed by atoms with Crippen molar-refractivity contribution in [3.63, 3.8) is 0 Å². The Morgan fingerprint density at radius 1 is 1.29 bits per heavy atom. The van der Waals surface area contributed by atoms with Gasteiger partial charge >= 0.3 is 0 Å². The van der Waals surface area contributed by atoms with Crippen molar-refractivity contribution in [3.8, 4) is 11.1 Å². The van der Waals surface area contributed by atoms with Crippen molar-refractivity contribution in [2.75, 3.05) is 11.1 Å². The van der Waals surface area contributed by atoms with Crippen molar-refractivity contribution in [1.82, 2.24) is 24.3 Å². The van der Waals surface area contributed by atoms with Gasteiger partial charge in [0.1, 0.15) is 5.82 Å². The molecule has 9 heteroatoms. The average molecular weight is 527 g/mol. The molecule has 1 aliphatic carbocycles. The molecule has 0 radical (unpaired) electrons. The van der Waals surface area contributed by atoms with Crippen LogP contribution in [0.5, 0.6) is 0 Å².